The van der Waals surface area contributed by atoms with Gasteiger partial charge in [-0.25, -0.2) is 0 Å². The molecule has 4 aromatic rings. The van der Waals surface area contributed by atoms with Crippen molar-refractivity contribution in [3.05, 3.63) is 88.3 Å². The Bertz CT molecular complexity index is 1140. The number of rotatable bonds is 7. The van der Waals surface area contributed by atoms with E-state index in [0.717, 1.165) is 16.5 Å². The number of carbonyl (C=O) groups is 2. The van der Waals surface area contributed by atoms with Crippen molar-refractivity contribution >= 4 is 40.1 Å². The lowest BCUT2D eigenvalue weighted by molar-refractivity contribution is -0.117. The van der Waals surface area contributed by atoms with E-state index in [1.54, 1.807) is 24.3 Å². The molecule has 1 aromatic carbocycles. The predicted octanol–water partition coefficient (Wildman–Crippen LogP) is 3.95. The van der Waals surface area contributed by atoms with Crippen LogP contribution in [0.2, 0.25) is 0 Å². The maximum Gasteiger partial charge on any atom is 0.267 e. The lowest BCUT2D eigenvalue weighted by Crippen LogP contribution is -2.35. The van der Waals surface area contributed by atoms with Crippen LogP contribution in [0.4, 0.5) is 0 Å². The zero-order chi connectivity index (χ0) is 20.1. The first-order valence-corrected chi connectivity index (χ1v) is 10.0. The fourth-order valence-electron chi connectivity index (χ4n) is 3.01. The monoisotopic (exact) mass is 405 g/mol. The van der Waals surface area contributed by atoms with E-state index in [0.29, 0.717) is 23.6 Å². The minimum absolute atomic E-state index is 0.136. The summed E-state index contributed by atoms with van der Waals surface area (Å²) in [6, 6.07) is 15.0. The van der Waals surface area contributed by atoms with Crippen molar-refractivity contribution < 1.29 is 14.0 Å². The van der Waals surface area contributed by atoms with E-state index in [1.807, 2.05) is 35.8 Å². The fourth-order valence-corrected chi connectivity index (χ4v) is 3.63. The number of amides is 2. The molecule has 0 saturated carbocycles. The first-order valence-electron chi connectivity index (χ1n) is 9.14. The average molecular weight is 405 g/mol. The van der Waals surface area contributed by atoms with Gasteiger partial charge in [-0.3, -0.25) is 9.59 Å². The van der Waals surface area contributed by atoms with E-state index in [-0.39, 0.29) is 17.5 Å². The molecule has 2 amide bonds. The number of benzene rings is 1. The third kappa shape index (κ3) is 4.47. The number of para-hydroxylation sites is 1. The van der Waals surface area contributed by atoms with Crippen LogP contribution in [-0.4, -0.2) is 23.3 Å². The van der Waals surface area contributed by atoms with Gasteiger partial charge >= 0.3 is 0 Å². The molecule has 0 aliphatic carbocycles. The standard InChI is InChI=1S/C22H19N3O3S/c26-21(23-10-9-15-14-24-18-7-2-1-6-17(15)18)19(13-16-5-3-11-28-16)25-22(27)20-8-4-12-29-20/h1-8,11-14,24H,9-10H2,(H,23,26)(H,25,27)/b19-13+. The van der Waals surface area contributed by atoms with Gasteiger partial charge in [0.2, 0.25) is 0 Å². The highest BCUT2D eigenvalue weighted by atomic mass is 32.1. The minimum Gasteiger partial charge on any atom is -0.465 e. The molecule has 0 saturated heterocycles. The molecule has 0 bridgehead atoms. The number of aromatic nitrogens is 1. The summed E-state index contributed by atoms with van der Waals surface area (Å²) in [5.74, 6) is -0.214. The summed E-state index contributed by atoms with van der Waals surface area (Å²) in [4.78, 5) is 28.9. The van der Waals surface area contributed by atoms with Crippen molar-refractivity contribution in [2.45, 2.75) is 6.42 Å². The van der Waals surface area contributed by atoms with E-state index in [2.05, 4.69) is 15.6 Å². The highest BCUT2D eigenvalue weighted by Crippen LogP contribution is 2.18. The van der Waals surface area contributed by atoms with Crippen LogP contribution in [0.3, 0.4) is 0 Å². The summed E-state index contributed by atoms with van der Waals surface area (Å²) in [5, 5.41) is 8.51. The zero-order valence-corrected chi connectivity index (χ0v) is 16.3. The van der Waals surface area contributed by atoms with Crippen molar-refractivity contribution in [1.82, 2.24) is 15.6 Å². The van der Waals surface area contributed by atoms with Crippen molar-refractivity contribution in [1.29, 1.82) is 0 Å². The second kappa shape index (κ2) is 8.62. The average Bonchev–Trinajstić information content (AvgIpc) is 3.49. The topological polar surface area (TPSA) is 87.1 Å². The zero-order valence-electron chi connectivity index (χ0n) is 15.5. The highest BCUT2D eigenvalue weighted by molar-refractivity contribution is 7.12. The van der Waals surface area contributed by atoms with Crippen LogP contribution in [0.15, 0.2) is 76.5 Å². The maximum absolute atomic E-state index is 12.7. The summed E-state index contributed by atoms with van der Waals surface area (Å²) < 4.78 is 5.29. The molecule has 0 atom stereocenters. The lowest BCUT2D eigenvalue weighted by Gasteiger charge is -2.10. The molecule has 3 heterocycles. The number of nitrogens with one attached hydrogen (secondary N) is 3. The van der Waals surface area contributed by atoms with E-state index in [1.165, 1.54) is 23.7 Å². The van der Waals surface area contributed by atoms with Gasteiger partial charge in [-0.05, 0) is 41.6 Å². The number of hydrogen-bond donors (Lipinski definition) is 3. The first kappa shape index (κ1) is 18.8. The van der Waals surface area contributed by atoms with E-state index >= 15 is 0 Å². The summed E-state index contributed by atoms with van der Waals surface area (Å²) in [5.41, 5.74) is 2.33. The molecule has 0 fully saturated rings. The third-order valence-electron chi connectivity index (χ3n) is 4.42. The number of aromatic amines is 1. The largest absolute Gasteiger partial charge is 0.465 e. The van der Waals surface area contributed by atoms with Gasteiger partial charge in [0.05, 0.1) is 11.1 Å². The first-order chi connectivity index (χ1) is 14.2. The molecular weight excluding hydrogens is 386 g/mol. The van der Waals surface area contributed by atoms with E-state index < -0.39 is 0 Å². The summed E-state index contributed by atoms with van der Waals surface area (Å²) >= 11 is 1.31. The van der Waals surface area contributed by atoms with Crippen LogP contribution < -0.4 is 10.6 Å². The number of furan rings is 1. The second-order valence-electron chi connectivity index (χ2n) is 6.37. The van der Waals surface area contributed by atoms with E-state index in [4.69, 9.17) is 4.42 Å². The van der Waals surface area contributed by atoms with Crippen molar-refractivity contribution in [2.24, 2.45) is 0 Å². The van der Waals surface area contributed by atoms with Gasteiger partial charge in [-0.1, -0.05) is 24.3 Å². The van der Waals surface area contributed by atoms with Gasteiger partial charge in [-0.2, -0.15) is 0 Å². The molecule has 3 aromatic heterocycles. The smallest absolute Gasteiger partial charge is 0.267 e. The summed E-state index contributed by atoms with van der Waals surface area (Å²) in [6.07, 6.45) is 5.66. The molecule has 6 nitrogen and oxygen atoms in total. The number of thiophene rings is 1. The summed E-state index contributed by atoms with van der Waals surface area (Å²) in [7, 11) is 0. The Labute approximate surface area is 171 Å². The second-order valence-corrected chi connectivity index (χ2v) is 7.32. The Kier molecular flexibility index (Phi) is 5.58. The number of hydrogen-bond acceptors (Lipinski definition) is 4. The molecule has 0 aliphatic rings. The van der Waals surface area contributed by atoms with Gasteiger partial charge < -0.3 is 20.0 Å². The number of H-pyrrole nitrogens is 1. The summed E-state index contributed by atoms with van der Waals surface area (Å²) in [6.45, 7) is 0.436. The van der Waals surface area contributed by atoms with Crippen LogP contribution >= 0.6 is 11.3 Å². The van der Waals surface area contributed by atoms with Crippen LogP contribution in [-0.2, 0) is 11.2 Å². The van der Waals surface area contributed by atoms with Crippen LogP contribution in [0.25, 0.3) is 17.0 Å². The maximum atomic E-state index is 12.7. The van der Waals surface area contributed by atoms with Crippen LogP contribution in [0, 0.1) is 0 Å². The van der Waals surface area contributed by atoms with Crippen LogP contribution in [0.5, 0.6) is 0 Å². The molecule has 4 rings (SSSR count). The molecule has 29 heavy (non-hydrogen) atoms. The molecule has 3 N–H and O–H groups in total. The molecular formula is C22H19N3O3S. The highest BCUT2D eigenvalue weighted by Gasteiger charge is 2.16. The van der Waals surface area contributed by atoms with Gasteiger partial charge in [0, 0.05) is 29.7 Å². The molecule has 7 heteroatoms. The van der Waals surface area contributed by atoms with E-state index in [9.17, 15) is 9.59 Å². The Morgan fingerprint density at radius 2 is 2.00 bits per heavy atom. The number of fused-ring (bicyclic) bond motifs is 1. The fraction of sp³-hybridized carbons (Fsp3) is 0.0909. The quantitative estimate of drug-likeness (QED) is 0.407. The molecule has 146 valence electrons. The minimum atomic E-state index is -0.369. The van der Waals surface area contributed by atoms with Crippen molar-refractivity contribution in [3.63, 3.8) is 0 Å². The molecule has 0 aliphatic heterocycles. The predicted molar refractivity (Wildman–Crippen MR) is 113 cm³/mol. The van der Waals surface area contributed by atoms with Crippen molar-refractivity contribution in [3.8, 4) is 0 Å². The lowest BCUT2D eigenvalue weighted by atomic mass is 10.1. The molecule has 0 radical (unpaired) electrons. The third-order valence-corrected chi connectivity index (χ3v) is 5.29. The molecule has 0 unspecified atom stereocenters. The van der Waals surface area contributed by atoms with Gasteiger partial charge in [0.1, 0.15) is 11.5 Å². The Morgan fingerprint density at radius 3 is 2.79 bits per heavy atom. The van der Waals surface area contributed by atoms with Gasteiger partial charge in [0.25, 0.3) is 11.8 Å². The van der Waals surface area contributed by atoms with Gasteiger partial charge in [0.15, 0.2) is 0 Å². The molecule has 0 spiro atoms. The van der Waals surface area contributed by atoms with Crippen molar-refractivity contribution in [2.75, 3.05) is 6.54 Å². The van der Waals surface area contributed by atoms with Crippen LogP contribution in [0.1, 0.15) is 21.0 Å². The van der Waals surface area contributed by atoms with Gasteiger partial charge in [-0.15, -0.1) is 11.3 Å². The number of carbonyl (C=O) groups excluding carboxylic acids is 2. The normalized spacial score (nSPS) is 11.5. The SMILES string of the molecule is O=C(NCCc1c[nH]c2ccccc12)/C(=C\c1ccco1)NC(=O)c1cccs1. The Hall–Kier alpha value is -3.58. The Morgan fingerprint density at radius 1 is 1.10 bits per heavy atom. The Balaban J connectivity index is 1.44.